The van der Waals surface area contributed by atoms with E-state index >= 15 is 0 Å². The van der Waals surface area contributed by atoms with Gasteiger partial charge in [-0.25, -0.2) is 8.42 Å². The number of sulfonamides is 1. The number of nitrogens with zero attached hydrogens (tertiary/aromatic N) is 2. The van der Waals surface area contributed by atoms with Gasteiger partial charge >= 0.3 is 0 Å². The molecule has 2 aliphatic rings. The minimum Gasteiger partial charge on any atom is -0.396 e. The molecule has 1 aromatic rings. The number of benzene rings is 1. The zero-order chi connectivity index (χ0) is 15.0. The highest BCUT2D eigenvalue weighted by molar-refractivity contribution is 7.89. The second-order valence-corrected chi connectivity index (χ2v) is 7.89. The zero-order valence-corrected chi connectivity index (χ0v) is 13.1. The number of fused-ring (bicyclic) bond motifs is 2. The van der Waals surface area contributed by atoms with Gasteiger partial charge in [-0.05, 0) is 31.9 Å². The van der Waals surface area contributed by atoms with Gasteiger partial charge in [0.15, 0.2) is 0 Å². The van der Waals surface area contributed by atoms with E-state index in [4.69, 9.17) is 5.11 Å². The van der Waals surface area contributed by atoms with Gasteiger partial charge in [0.25, 0.3) is 0 Å². The smallest absolute Gasteiger partial charge is 0.243 e. The Kier molecular flexibility index (Phi) is 4.05. The van der Waals surface area contributed by atoms with Crippen LogP contribution in [0.3, 0.4) is 0 Å². The molecule has 1 N–H and O–H groups in total. The standard InChI is InChI=1S/C15H22N2O3S/c1-12-3-5-15(6-4-12)21(19,20)17-11-13-9-14(17)10-16(13)7-2-8-18/h3-6,13-14,18H,2,7-11H2,1H3/t13-,14-/m0/s1. The van der Waals surface area contributed by atoms with Crippen molar-refractivity contribution < 1.29 is 13.5 Å². The maximum absolute atomic E-state index is 12.7. The van der Waals surface area contributed by atoms with Crippen LogP contribution in [0, 0.1) is 6.92 Å². The Bertz CT molecular complexity index is 600. The molecule has 6 heteroatoms. The number of aliphatic hydroxyl groups is 1. The summed E-state index contributed by atoms with van der Waals surface area (Å²) in [6.07, 6.45) is 1.67. The molecule has 0 aliphatic carbocycles. The summed E-state index contributed by atoms with van der Waals surface area (Å²) in [5, 5.41) is 8.92. The first-order chi connectivity index (χ1) is 10.0. The Labute approximate surface area is 126 Å². The minimum absolute atomic E-state index is 0.0833. The second-order valence-electron chi connectivity index (χ2n) is 6.00. The Hall–Kier alpha value is -0.950. The van der Waals surface area contributed by atoms with Gasteiger partial charge in [-0.2, -0.15) is 4.31 Å². The third-order valence-corrected chi connectivity index (χ3v) is 6.47. The van der Waals surface area contributed by atoms with Crippen molar-refractivity contribution in [3.05, 3.63) is 29.8 Å². The lowest BCUT2D eigenvalue weighted by Gasteiger charge is -2.33. The van der Waals surface area contributed by atoms with Crippen molar-refractivity contribution >= 4 is 10.0 Å². The summed E-state index contributed by atoms with van der Waals surface area (Å²) in [5.74, 6) is 0. The van der Waals surface area contributed by atoms with Crippen LogP contribution in [0.5, 0.6) is 0 Å². The van der Waals surface area contributed by atoms with Crippen molar-refractivity contribution in [2.75, 3.05) is 26.2 Å². The number of aliphatic hydroxyl groups excluding tert-OH is 1. The number of rotatable bonds is 5. The molecule has 2 atom stereocenters. The molecule has 5 nitrogen and oxygen atoms in total. The molecule has 116 valence electrons. The van der Waals surface area contributed by atoms with Gasteiger partial charge in [-0.15, -0.1) is 0 Å². The molecule has 0 saturated carbocycles. The van der Waals surface area contributed by atoms with Crippen LogP contribution in [0.15, 0.2) is 29.2 Å². The van der Waals surface area contributed by atoms with Gasteiger partial charge in [0, 0.05) is 38.3 Å². The molecule has 0 spiro atoms. The first-order valence-corrected chi connectivity index (χ1v) is 8.90. The lowest BCUT2D eigenvalue weighted by molar-refractivity contribution is 0.165. The first kappa shape index (κ1) is 15.0. The van der Waals surface area contributed by atoms with Gasteiger partial charge in [0.2, 0.25) is 10.0 Å². The third kappa shape index (κ3) is 2.73. The number of hydrogen-bond acceptors (Lipinski definition) is 4. The van der Waals surface area contributed by atoms with E-state index in [0.717, 1.165) is 31.5 Å². The van der Waals surface area contributed by atoms with Crippen LogP contribution in [-0.4, -0.2) is 61.1 Å². The molecule has 2 saturated heterocycles. The summed E-state index contributed by atoms with van der Waals surface area (Å²) < 4.78 is 27.1. The fraction of sp³-hybridized carbons (Fsp3) is 0.600. The van der Waals surface area contributed by atoms with Crippen LogP contribution >= 0.6 is 0 Å². The second kappa shape index (κ2) is 5.68. The summed E-state index contributed by atoms with van der Waals surface area (Å²) in [4.78, 5) is 2.70. The molecule has 2 heterocycles. The summed E-state index contributed by atoms with van der Waals surface area (Å²) >= 11 is 0. The third-order valence-electron chi connectivity index (χ3n) is 4.53. The Balaban J connectivity index is 1.74. The molecular formula is C15H22N2O3S. The van der Waals surface area contributed by atoms with Crippen molar-refractivity contribution in [1.82, 2.24) is 9.21 Å². The SMILES string of the molecule is Cc1ccc(S(=O)(=O)N2C[C@@H]3C[C@H]2CN3CCCO)cc1. The van der Waals surface area contributed by atoms with E-state index in [-0.39, 0.29) is 12.6 Å². The van der Waals surface area contributed by atoms with Crippen LogP contribution in [-0.2, 0) is 10.0 Å². The Morgan fingerprint density at radius 3 is 2.48 bits per heavy atom. The van der Waals surface area contributed by atoms with E-state index in [0.29, 0.717) is 17.5 Å². The molecular weight excluding hydrogens is 288 g/mol. The maximum atomic E-state index is 12.7. The van der Waals surface area contributed by atoms with E-state index in [1.165, 1.54) is 0 Å². The summed E-state index contributed by atoms with van der Waals surface area (Å²) in [6.45, 7) is 4.37. The Morgan fingerprint density at radius 2 is 1.90 bits per heavy atom. The Morgan fingerprint density at radius 1 is 1.19 bits per heavy atom. The molecule has 1 aromatic carbocycles. The predicted molar refractivity (Wildman–Crippen MR) is 80.5 cm³/mol. The van der Waals surface area contributed by atoms with Crippen LogP contribution in [0.2, 0.25) is 0 Å². The highest BCUT2D eigenvalue weighted by atomic mass is 32.2. The van der Waals surface area contributed by atoms with Crippen molar-refractivity contribution in [3.63, 3.8) is 0 Å². The van der Waals surface area contributed by atoms with Crippen molar-refractivity contribution in [3.8, 4) is 0 Å². The van der Waals surface area contributed by atoms with Gasteiger partial charge in [0.1, 0.15) is 0 Å². The normalized spacial score (nSPS) is 26.6. The lowest BCUT2D eigenvalue weighted by atomic mass is 10.2. The maximum Gasteiger partial charge on any atom is 0.243 e. The van der Waals surface area contributed by atoms with Crippen LogP contribution in [0.4, 0.5) is 0 Å². The highest BCUT2D eigenvalue weighted by Gasteiger charge is 2.47. The van der Waals surface area contributed by atoms with E-state index in [9.17, 15) is 8.42 Å². The zero-order valence-electron chi connectivity index (χ0n) is 12.3. The fourth-order valence-electron chi connectivity index (χ4n) is 3.40. The van der Waals surface area contributed by atoms with Crippen LogP contribution < -0.4 is 0 Å². The van der Waals surface area contributed by atoms with Gasteiger partial charge < -0.3 is 5.11 Å². The molecule has 21 heavy (non-hydrogen) atoms. The number of piperazine rings is 1. The average Bonchev–Trinajstić information content (AvgIpc) is 3.05. The lowest BCUT2D eigenvalue weighted by Crippen LogP contribution is -2.48. The molecule has 0 unspecified atom stereocenters. The van der Waals surface area contributed by atoms with Crippen LogP contribution in [0.1, 0.15) is 18.4 Å². The quantitative estimate of drug-likeness (QED) is 0.875. The number of hydrogen-bond donors (Lipinski definition) is 1. The average molecular weight is 310 g/mol. The molecule has 2 bridgehead atoms. The minimum atomic E-state index is -3.37. The number of aryl methyl sites for hydroxylation is 1. The molecule has 0 amide bonds. The molecule has 2 aliphatic heterocycles. The van der Waals surface area contributed by atoms with Crippen LogP contribution in [0.25, 0.3) is 0 Å². The van der Waals surface area contributed by atoms with Gasteiger partial charge in [0.05, 0.1) is 4.90 Å². The topological polar surface area (TPSA) is 60.9 Å². The van der Waals surface area contributed by atoms with Crippen molar-refractivity contribution in [1.29, 1.82) is 0 Å². The van der Waals surface area contributed by atoms with E-state index < -0.39 is 10.0 Å². The fourth-order valence-corrected chi connectivity index (χ4v) is 5.06. The summed E-state index contributed by atoms with van der Waals surface area (Å²) in [6, 6.07) is 7.46. The summed E-state index contributed by atoms with van der Waals surface area (Å²) in [7, 11) is -3.37. The monoisotopic (exact) mass is 310 g/mol. The number of likely N-dealkylation sites (tertiary alicyclic amines) is 1. The van der Waals surface area contributed by atoms with E-state index in [2.05, 4.69) is 4.90 Å². The van der Waals surface area contributed by atoms with E-state index in [1.54, 1.807) is 16.4 Å². The molecule has 2 fully saturated rings. The van der Waals surface area contributed by atoms with Crippen molar-refractivity contribution in [2.45, 2.75) is 36.7 Å². The van der Waals surface area contributed by atoms with Crippen molar-refractivity contribution in [2.24, 2.45) is 0 Å². The van der Waals surface area contributed by atoms with E-state index in [1.807, 2.05) is 19.1 Å². The predicted octanol–water partition coefficient (Wildman–Crippen LogP) is 0.825. The first-order valence-electron chi connectivity index (χ1n) is 7.46. The van der Waals surface area contributed by atoms with Gasteiger partial charge in [-0.3, -0.25) is 4.90 Å². The molecule has 0 radical (unpaired) electrons. The largest absolute Gasteiger partial charge is 0.396 e. The summed E-state index contributed by atoms with van der Waals surface area (Å²) in [5.41, 5.74) is 1.06. The molecule has 3 rings (SSSR count). The van der Waals surface area contributed by atoms with Gasteiger partial charge in [-0.1, -0.05) is 17.7 Å². The highest BCUT2D eigenvalue weighted by Crippen LogP contribution is 2.34. The molecule has 0 aromatic heterocycles.